The van der Waals surface area contributed by atoms with Crippen LogP contribution in [-0.4, -0.2) is 70.0 Å². The fraction of sp³-hybridized carbons (Fsp3) is 0.562. The average molecular weight is 390 g/mol. The molecule has 140 valence electrons. The third-order valence-electron chi connectivity index (χ3n) is 4.25. The van der Waals surface area contributed by atoms with E-state index in [-0.39, 0.29) is 21.6 Å². The number of halogens is 1. The van der Waals surface area contributed by atoms with Gasteiger partial charge in [-0.15, -0.1) is 0 Å². The van der Waals surface area contributed by atoms with Crippen molar-refractivity contribution in [3.05, 3.63) is 23.2 Å². The van der Waals surface area contributed by atoms with E-state index < -0.39 is 16.1 Å². The first-order valence-corrected chi connectivity index (χ1v) is 10.0. The van der Waals surface area contributed by atoms with Crippen molar-refractivity contribution in [1.82, 2.24) is 14.5 Å². The molecule has 0 aromatic heterocycles. The summed E-state index contributed by atoms with van der Waals surface area (Å²) in [5, 5.41) is 0.274. The Bertz CT molecular complexity index is 718. The average Bonchev–Trinajstić information content (AvgIpc) is 2.60. The Labute approximate surface area is 153 Å². The number of nitrogens with one attached hydrogen (secondary N) is 1. The second-order valence-electron chi connectivity index (χ2n) is 5.90. The number of carbonyl (C=O) groups is 1. The largest absolute Gasteiger partial charge is 0.495 e. The smallest absolute Gasteiger partial charge is 0.245 e. The van der Waals surface area contributed by atoms with Gasteiger partial charge in [0.25, 0.3) is 0 Å². The van der Waals surface area contributed by atoms with Gasteiger partial charge in [0.05, 0.1) is 13.2 Å². The Kier molecular flexibility index (Phi) is 6.67. The number of likely N-dealkylation sites (N-methyl/N-ethyl adjacent to an activating group) is 1. The molecule has 1 aliphatic rings. The van der Waals surface area contributed by atoms with E-state index >= 15 is 0 Å². The van der Waals surface area contributed by atoms with E-state index in [4.69, 9.17) is 16.3 Å². The molecule has 1 fully saturated rings. The summed E-state index contributed by atoms with van der Waals surface area (Å²) < 4.78 is 32.8. The fourth-order valence-corrected chi connectivity index (χ4v) is 4.39. The number of hydrogen-bond acceptors (Lipinski definition) is 5. The summed E-state index contributed by atoms with van der Waals surface area (Å²) in [6.07, 6.45) is 0. The monoisotopic (exact) mass is 389 g/mol. The predicted molar refractivity (Wildman–Crippen MR) is 96.5 cm³/mol. The number of amides is 1. The fourth-order valence-electron chi connectivity index (χ4n) is 2.77. The number of sulfonamides is 1. The Morgan fingerprint density at radius 1 is 1.32 bits per heavy atom. The van der Waals surface area contributed by atoms with Gasteiger partial charge in [0, 0.05) is 31.2 Å². The van der Waals surface area contributed by atoms with E-state index in [0.717, 1.165) is 19.6 Å². The normalized spacial score (nSPS) is 17.4. The molecule has 0 saturated carbocycles. The van der Waals surface area contributed by atoms with Gasteiger partial charge in [-0.1, -0.05) is 18.5 Å². The standard InChI is InChI=1S/C16H24ClN3O4S/c1-4-19-7-9-20(10-8-19)16(21)12(2)18-25(22,23)15-11-13(17)5-6-14(15)24-3/h5-6,11-12,18H,4,7-10H2,1-3H3/t12-/m0/s1. The maximum Gasteiger partial charge on any atom is 0.245 e. The first kappa shape index (κ1) is 20.0. The number of benzene rings is 1. The molecule has 0 bridgehead atoms. The summed E-state index contributed by atoms with van der Waals surface area (Å²) in [6, 6.07) is 3.45. The molecule has 1 atom stereocenters. The third-order valence-corrected chi connectivity index (χ3v) is 6.05. The van der Waals surface area contributed by atoms with E-state index in [1.807, 2.05) is 0 Å². The van der Waals surface area contributed by atoms with Crippen molar-refractivity contribution in [3.8, 4) is 5.75 Å². The Hall–Kier alpha value is -1.35. The van der Waals surface area contributed by atoms with Gasteiger partial charge in [0.2, 0.25) is 15.9 Å². The summed E-state index contributed by atoms with van der Waals surface area (Å²) in [7, 11) is -2.56. The molecule has 0 radical (unpaired) electrons. The maximum absolute atomic E-state index is 12.6. The van der Waals surface area contributed by atoms with E-state index in [1.54, 1.807) is 17.9 Å². The zero-order valence-electron chi connectivity index (χ0n) is 14.7. The zero-order chi connectivity index (χ0) is 18.6. The van der Waals surface area contributed by atoms with Crippen LogP contribution < -0.4 is 9.46 Å². The molecule has 1 amide bonds. The molecule has 2 rings (SSSR count). The summed E-state index contributed by atoms with van der Waals surface area (Å²) >= 11 is 5.90. The number of carbonyl (C=O) groups excluding carboxylic acids is 1. The van der Waals surface area contributed by atoms with Crippen LogP contribution in [-0.2, 0) is 14.8 Å². The van der Waals surface area contributed by atoms with Crippen LogP contribution in [0, 0.1) is 0 Å². The summed E-state index contributed by atoms with van der Waals surface area (Å²) in [4.78, 5) is 16.4. The van der Waals surface area contributed by atoms with Crippen LogP contribution in [0.1, 0.15) is 13.8 Å². The summed E-state index contributed by atoms with van der Waals surface area (Å²) in [5.74, 6) is -0.0616. The molecule has 0 spiro atoms. The van der Waals surface area contributed by atoms with E-state index in [1.165, 1.54) is 19.2 Å². The van der Waals surface area contributed by atoms with Crippen LogP contribution in [0.2, 0.25) is 5.02 Å². The summed E-state index contributed by atoms with van der Waals surface area (Å²) in [5.41, 5.74) is 0. The first-order chi connectivity index (χ1) is 11.8. The van der Waals surface area contributed by atoms with E-state index in [9.17, 15) is 13.2 Å². The lowest BCUT2D eigenvalue weighted by atomic mass is 10.2. The lowest BCUT2D eigenvalue weighted by molar-refractivity contribution is -0.134. The Morgan fingerprint density at radius 3 is 2.52 bits per heavy atom. The molecule has 7 nitrogen and oxygen atoms in total. The minimum atomic E-state index is -3.94. The lowest BCUT2D eigenvalue weighted by Crippen LogP contribution is -2.54. The second kappa shape index (κ2) is 8.35. The SMILES string of the molecule is CCN1CCN(C(=O)[C@H](C)NS(=O)(=O)c2cc(Cl)ccc2OC)CC1. The molecule has 9 heteroatoms. The first-order valence-electron chi connectivity index (χ1n) is 8.15. The summed E-state index contributed by atoms with van der Waals surface area (Å²) in [6.45, 7) is 7.35. The number of hydrogen-bond donors (Lipinski definition) is 1. The molecule has 25 heavy (non-hydrogen) atoms. The van der Waals surface area contributed by atoms with Crippen LogP contribution in [0.25, 0.3) is 0 Å². The van der Waals surface area contributed by atoms with Crippen LogP contribution in [0.3, 0.4) is 0 Å². The maximum atomic E-state index is 12.6. The van der Waals surface area contributed by atoms with Crippen molar-refractivity contribution >= 4 is 27.5 Å². The molecular formula is C16H24ClN3O4S. The highest BCUT2D eigenvalue weighted by atomic mass is 35.5. The van der Waals surface area contributed by atoms with Gasteiger partial charge in [-0.25, -0.2) is 8.42 Å². The molecule has 0 unspecified atom stereocenters. The van der Waals surface area contributed by atoms with Gasteiger partial charge < -0.3 is 14.5 Å². The number of rotatable bonds is 6. The molecule has 1 aromatic rings. The molecule has 1 N–H and O–H groups in total. The van der Waals surface area contributed by atoms with Gasteiger partial charge in [-0.3, -0.25) is 4.79 Å². The van der Waals surface area contributed by atoms with Gasteiger partial charge in [0.15, 0.2) is 0 Å². The van der Waals surface area contributed by atoms with Crippen LogP contribution in [0.4, 0.5) is 0 Å². The molecule has 1 aromatic carbocycles. The van der Waals surface area contributed by atoms with Gasteiger partial charge in [-0.05, 0) is 31.7 Å². The van der Waals surface area contributed by atoms with Crippen molar-refractivity contribution in [3.63, 3.8) is 0 Å². The van der Waals surface area contributed by atoms with E-state index in [0.29, 0.717) is 13.1 Å². The molecule has 1 saturated heterocycles. The Balaban J connectivity index is 2.10. The molecule has 0 aliphatic carbocycles. The molecular weight excluding hydrogens is 366 g/mol. The van der Waals surface area contributed by atoms with Gasteiger partial charge in [-0.2, -0.15) is 4.72 Å². The van der Waals surface area contributed by atoms with Crippen molar-refractivity contribution in [2.24, 2.45) is 0 Å². The highest BCUT2D eigenvalue weighted by Crippen LogP contribution is 2.27. The molecule has 1 aliphatic heterocycles. The quantitative estimate of drug-likeness (QED) is 0.790. The Morgan fingerprint density at radius 2 is 1.96 bits per heavy atom. The number of methoxy groups -OCH3 is 1. The number of nitrogens with zero attached hydrogens (tertiary/aromatic N) is 2. The highest BCUT2D eigenvalue weighted by molar-refractivity contribution is 7.89. The number of ether oxygens (including phenoxy) is 1. The predicted octanol–water partition coefficient (Wildman–Crippen LogP) is 1.18. The van der Waals surface area contributed by atoms with Crippen LogP contribution in [0.15, 0.2) is 23.1 Å². The van der Waals surface area contributed by atoms with Crippen LogP contribution >= 0.6 is 11.6 Å². The lowest BCUT2D eigenvalue weighted by Gasteiger charge is -2.35. The van der Waals surface area contributed by atoms with Crippen molar-refractivity contribution < 1.29 is 17.9 Å². The van der Waals surface area contributed by atoms with Crippen molar-refractivity contribution in [2.45, 2.75) is 24.8 Å². The highest BCUT2D eigenvalue weighted by Gasteiger charge is 2.29. The second-order valence-corrected chi connectivity index (χ2v) is 8.02. The zero-order valence-corrected chi connectivity index (χ0v) is 16.2. The van der Waals surface area contributed by atoms with E-state index in [2.05, 4.69) is 16.5 Å². The van der Waals surface area contributed by atoms with Crippen molar-refractivity contribution in [2.75, 3.05) is 39.8 Å². The van der Waals surface area contributed by atoms with Crippen molar-refractivity contribution in [1.29, 1.82) is 0 Å². The molecule has 1 heterocycles. The third kappa shape index (κ3) is 4.84. The minimum Gasteiger partial charge on any atom is -0.495 e. The number of piperazine rings is 1. The van der Waals surface area contributed by atoms with Gasteiger partial charge >= 0.3 is 0 Å². The van der Waals surface area contributed by atoms with Crippen LogP contribution in [0.5, 0.6) is 5.75 Å². The van der Waals surface area contributed by atoms with Gasteiger partial charge in [0.1, 0.15) is 10.6 Å². The topological polar surface area (TPSA) is 79.0 Å². The minimum absolute atomic E-state index is 0.0852.